The minimum atomic E-state index is 0.281. The molecule has 26 heavy (non-hydrogen) atoms. The molecule has 0 fully saturated rings. The average molecular weight is 378 g/mol. The van der Waals surface area contributed by atoms with Gasteiger partial charge in [0.25, 0.3) is 0 Å². The van der Waals surface area contributed by atoms with E-state index in [0.717, 1.165) is 36.2 Å². The van der Waals surface area contributed by atoms with Gasteiger partial charge in [-0.1, -0.05) is 39.3 Å². The van der Waals surface area contributed by atoms with Gasteiger partial charge in [-0.2, -0.15) is 0 Å². The van der Waals surface area contributed by atoms with Gasteiger partial charge in [-0.3, -0.25) is 4.98 Å². The van der Waals surface area contributed by atoms with E-state index >= 15 is 0 Å². The lowest BCUT2D eigenvalue weighted by Gasteiger charge is -2.29. The van der Waals surface area contributed by atoms with E-state index in [1.807, 2.05) is 18.2 Å². The summed E-state index contributed by atoms with van der Waals surface area (Å²) in [5, 5.41) is 5.13. The third kappa shape index (κ3) is 5.49. The predicted molar refractivity (Wildman–Crippen MR) is 113 cm³/mol. The van der Waals surface area contributed by atoms with Gasteiger partial charge in [0.15, 0.2) is 0 Å². The molecule has 144 valence electrons. The Morgan fingerprint density at radius 1 is 1.12 bits per heavy atom. The normalized spacial score (nSPS) is 13.0. The smallest absolute Gasteiger partial charge is 0.140 e. The zero-order valence-electron chi connectivity index (χ0n) is 16.8. The van der Waals surface area contributed by atoms with Gasteiger partial charge in [0.2, 0.25) is 0 Å². The zero-order chi connectivity index (χ0) is 19.3. The number of hydrogen-bond donors (Lipinski definition) is 1. The Kier molecular flexibility index (Phi) is 7.54. The molecule has 0 radical (unpaired) electrons. The first-order valence-electron chi connectivity index (χ1n) is 9.41. The number of nitrogens with one attached hydrogen (secondary N) is 1. The Hall–Kier alpha value is -1.52. The molecule has 2 rings (SSSR count). The molecule has 5 heteroatoms. The summed E-state index contributed by atoms with van der Waals surface area (Å²) in [5.41, 5.74) is 1.84. The van der Waals surface area contributed by atoms with Crippen LogP contribution >= 0.6 is 11.6 Å². The molecule has 0 aliphatic carbocycles. The number of anilines is 1. The van der Waals surface area contributed by atoms with Crippen molar-refractivity contribution >= 4 is 28.2 Å². The van der Waals surface area contributed by atoms with Gasteiger partial charge in [-0.05, 0) is 30.9 Å². The Morgan fingerprint density at radius 2 is 1.77 bits per heavy atom. The van der Waals surface area contributed by atoms with Crippen molar-refractivity contribution in [3.05, 3.63) is 29.4 Å². The predicted octanol–water partition coefficient (Wildman–Crippen LogP) is 5.31. The number of pyridine rings is 1. The molecule has 1 heterocycles. The van der Waals surface area contributed by atoms with Crippen LogP contribution in [0.4, 0.5) is 5.69 Å². The summed E-state index contributed by atoms with van der Waals surface area (Å²) in [6.45, 7) is 14.5. The monoisotopic (exact) mass is 377 g/mol. The lowest BCUT2D eigenvalue weighted by Crippen LogP contribution is -2.39. The number of nitrogens with zero attached hydrogens (tertiary/aromatic N) is 2. The molecule has 0 aliphatic rings. The second-order valence-corrected chi connectivity index (χ2v) is 8.27. The fourth-order valence-electron chi connectivity index (χ4n) is 3.41. The molecular weight excluding hydrogens is 346 g/mol. The van der Waals surface area contributed by atoms with Crippen LogP contribution in [0.1, 0.15) is 34.6 Å². The number of ether oxygens (including phenoxy) is 1. The molecule has 0 amide bonds. The largest absolute Gasteiger partial charge is 0.495 e. The number of hydrogen-bond acceptors (Lipinski definition) is 4. The highest BCUT2D eigenvalue weighted by Gasteiger charge is 2.16. The van der Waals surface area contributed by atoms with Crippen molar-refractivity contribution in [2.45, 2.75) is 40.7 Å². The molecule has 1 aromatic carbocycles. The van der Waals surface area contributed by atoms with Crippen molar-refractivity contribution in [2.75, 3.05) is 32.1 Å². The van der Waals surface area contributed by atoms with Gasteiger partial charge in [0.05, 0.1) is 23.3 Å². The van der Waals surface area contributed by atoms with E-state index in [2.05, 4.69) is 49.8 Å². The van der Waals surface area contributed by atoms with Crippen molar-refractivity contribution in [3.63, 3.8) is 0 Å². The molecule has 0 saturated carbocycles. The molecule has 1 N–H and O–H groups in total. The van der Waals surface area contributed by atoms with Crippen LogP contribution in [0.3, 0.4) is 0 Å². The van der Waals surface area contributed by atoms with Crippen molar-refractivity contribution in [2.24, 2.45) is 11.8 Å². The molecule has 0 aliphatic heterocycles. The second kappa shape index (κ2) is 9.43. The molecule has 0 unspecified atom stereocenters. The van der Waals surface area contributed by atoms with Gasteiger partial charge in [-0.15, -0.1) is 0 Å². The van der Waals surface area contributed by atoms with Crippen LogP contribution < -0.4 is 10.1 Å². The maximum absolute atomic E-state index is 6.45. The van der Waals surface area contributed by atoms with Crippen molar-refractivity contribution in [3.8, 4) is 5.75 Å². The molecule has 0 saturated heterocycles. The summed E-state index contributed by atoms with van der Waals surface area (Å²) < 4.78 is 5.45. The number of aromatic nitrogens is 1. The van der Waals surface area contributed by atoms with Crippen molar-refractivity contribution < 1.29 is 4.74 Å². The number of benzene rings is 1. The lowest BCUT2D eigenvalue weighted by molar-refractivity contribution is 0.214. The molecule has 1 atom stereocenters. The molecule has 2 aromatic rings. The number of halogens is 1. The molecular formula is C21H32ClN3O. The topological polar surface area (TPSA) is 37.4 Å². The van der Waals surface area contributed by atoms with Gasteiger partial charge < -0.3 is 15.0 Å². The number of rotatable bonds is 9. The number of methoxy groups -OCH3 is 1. The third-order valence-corrected chi connectivity index (χ3v) is 4.58. The fourth-order valence-corrected chi connectivity index (χ4v) is 3.69. The standard InChI is InChI=1S/C21H32ClN3O/c1-14(2)11-25(12-15(3)4)13-16(5)24-18-10-19(26-6)20(22)17-8-7-9-23-21(17)18/h7-10,14-16,24H,11-13H2,1-6H3/t16-/m0/s1. The second-order valence-electron chi connectivity index (χ2n) is 7.89. The Morgan fingerprint density at radius 3 is 2.35 bits per heavy atom. The first-order chi connectivity index (χ1) is 12.3. The van der Waals surface area contributed by atoms with E-state index in [-0.39, 0.29) is 6.04 Å². The summed E-state index contributed by atoms with van der Waals surface area (Å²) in [4.78, 5) is 7.07. The summed E-state index contributed by atoms with van der Waals surface area (Å²) in [6.07, 6.45) is 1.80. The highest BCUT2D eigenvalue weighted by Crippen LogP contribution is 2.37. The highest BCUT2D eigenvalue weighted by atomic mass is 35.5. The van der Waals surface area contributed by atoms with E-state index in [1.165, 1.54) is 0 Å². The summed E-state index contributed by atoms with van der Waals surface area (Å²) in [6, 6.07) is 6.10. The van der Waals surface area contributed by atoms with Crippen LogP contribution in [0.25, 0.3) is 10.9 Å². The van der Waals surface area contributed by atoms with Gasteiger partial charge in [0.1, 0.15) is 5.75 Å². The van der Waals surface area contributed by atoms with Gasteiger partial charge in [-0.25, -0.2) is 0 Å². The lowest BCUT2D eigenvalue weighted by atomic mass is 10.1. The Labute approximate surface area is 162 Å². The van der Waals surface area contributed by atoms with Crippen LogP contribution in [-0.4, -0.2) is 42.7 Å². The summed E-state index contributed by atoms with van der Waals surface area (Å²) in [7, 11) is 1.64. The zero-order valence-corrected chi connectivity index (χ0v) is 17.6. The van der Waals surface area contributed by atoms with Crippen LogP contribution in [0, 0.1) is 11.8 Å². The van der Waals surface area contributed by atoms with Crippen LogP contribution in [0.15, 0.2) is 24.4 Å². The van der Waals surface area contributed by atoms with Crippen molar-refractivity contribution in [1.29, 1.82) is 0 Å². The van der Waals surface area contributed by atoms with Crippen LogP contribution in [-0.2, 0) is 0 Å². The minimum Gasteiger partial charge on any atom is -0.495 e. The average Bonchev–Trinajstić information content (AvgIpc) is 2.56. The minimum absolute atomic E-state index is 0.281. The molecule has 0 spiro atoms. The molecule has 4 nitrogen and oxygen atoms in total. The van der Waals surface area contributed by atoms with E-state index in [1.54, 1.807) is 13.3 Å². The molecule has 1 aromatic heterocycles. The quantitative estimate of drug-likeness (QED) is 0.642. The van der Waals surface area contributed by atoms with Gasteiger partial charge >= 0.3 is 0 Å². The third-order valence-electron chi connectivity index (χ3n) is 4.19. The van der Waals surface area contributed by atoms with Crippen LogP contribution in [0.5, 0.6) is 5.75 Å². The Bertz CT molecular complexity index is 708. The highest BCUT2D eigenvalue weighted by molar-refractivity contribution is 6.37. The fraction of sp³-hybridized carbons (Fsp3) is 0.571. The van der Waals surface area contributed by atoms with E-state index in [9.17, 15) is 0 Å². The maximum atomic E-state index is 6.45. The molecule has 0 bridgehead atoms. The number of fused-ring (bicyclic) bond motifs is 1. The van der Waals surface area contributed by atoms with Crippen LogP contribution in [0.2, 0.25) is 5.02 Å². The SMILES string of the molecule is COc1cc(N[C@@H](C)CN(CC(C)C)CC(C)C)c2ncccc2c1Cl. The summed E-state index contributed by atoms with van der Waals surface area (Å²) in [5.74, 6) is 1.97. The van der Waals surface area contributed by atoms with E-state index in [4.69, 9.17) is 16.3 Å². The maximum Gasteiger partial charge on any atom is 0.140 e. The van der Waals surface area contributed by atoms with E-state index < -0.39 is 0 Å². The van der Waals surface area contributed by atoms with Crippen molar-refractivity contribution in [1.82, 2.24) is 9.88 Å². The van der Waals surface area contributed by atoms with E-state index in [0.29, 0.717) is 22.6 Å². The summed E-state index contributed by atoms with van der Waals surface area (Å²) >= 11 is 6.45. The Balaban J connectivity index is 2.22. The first kappa shape index (κ1) is 20.8. The first-order valence-corrected chi connectivity index (χ1v) is 9.79. The van der Waals surface area contributed by atoms with Gasteiger partial charge in [0, 0.05) is 43.3 Å².